The first-order chi connectivity index (χ1) is 5.83. The Bertz CT molecular complexity index is 215. The van der Waals surface area contributed by atoms with Crippen molar-refractivity contribution in [3.05, 3.63) is 24.0 Å². The third-order valence-electron chi connectivity index (χ3n) is 1.93. The molecule has 0 aliphatic rings. The quantitative estimate of drug-likeness (QED) is 0.661. The van der Waals surface area contributed by atoms with Crippen LogP contribution in [0.4, 0.5) is 0 Å². The normalized spacial score (nSPS) is 10.5. The molecule has 0 aliphatic carbocycles. The van der Waals surface area contributed by atoms with Gasteiger partial charge in [-0.2, -0.15) is 0 Å². The zero-order valence-corrected chi connectivity index (χ0v) is 8.01. The fourth-order valence-corrected chi connectivity index (χ4v) is 1.20. The van der Waals surface area contributed by atoms with Gasteiger partial charge in [0.25, 0.3) is 0 Å². The van der Waals surface area contributed by atoms with Crippen LogP contribution >= 0.6 is 0 Å². The monoisotopic (exact) mass is 166 g/mol. The third-order valence-corrected chi connectivity index (χ3v) is 1.93. The van der Waals surface area contributed by atoms with Crippen molar-refractivity contribution in [3.8, 4) is 0 Å². The SMILES string of the molecule is CCCCNCc1ccn(C)c1. The van der Waals surface area contributed by atoms with Gasteiger partial charge >= 0.3 is 0 Å². The van der Waals surface area contributed by atoms with E-state index in [1.54, 1.807) is 0 Å². The van der Waals surface area contributed by atoms with E-state index in [4.69, 9.17) is 0 Å². The Labute approximate surface area is 74.6 Å². The highest BCUT2D eigenvalue weighted by Gasteiger charge is 1.92. The summed E-state index contributed by atoms with van der Waals surface area (Å²) in [6, 6.07) is 2.15. The number of hydrogen-bond donors (Lipinski definition) is 1. The Morgan fingerprint density at radius 1 is 1.50 bits per heavy atom. The van der Waals surface area contributed by atoms with Crippen LogP contribution < -0.4 is 5.32 Å². The number of aryl methyl sites for hydroxylation is 1. The lowest BCUT2D eigenvalue weighted by molar-refractivity contribution is 0.641. The van der Waals surface area contributed by atoms with Crippen molar-refractivity contribution in [1.82, 2.24) is 9.88 Å². The van der Waals surface area contributed by atoms with Crippen LogP contribution in [0.1, 0.15) is 25.3 Å². The first kappa shape index (κ1) is 9.33. The van der Waals surface area contributed by atoms with Gasteiger partial charge in [-0.15, -0.1) is 0 Å². The molecule has 0 unspecified atom stereocenters. The summed E-state index contributed by atoms with van der Waals surface area (Å²) in [4.78, 5) is 0. The predicted molar refractivity (Wildman–Crippen MR) is 52.0 cm³/mol. The van der Waals surface area contributed by atoms with Gasteiger partial charge in [0, 0.05) is 26.0 Å². The van der Waals surface area contributed by atoms with Crippen LogP contribution in [0.3, 0.4) is 0 Å². The topological polar surface area (TPSA) is 17.0 Å². The molecule has 0 radical (unpaired) electrons. The minimum atomic E-state index is 1.00. The van der Waals surface area contributed by atoms with Crippen LogP contribution in [-0.2, 0) is 13.6 Å². The molecule has 0 saturated heterocycles. The highest BCUT2D eigenvalue weighted by Crippen LogP contribution is 1.98. The van der Waals surface area contributed by atoms with Gasteiger partial charge in [0.05, 0.1) is 0 Å². The molecular weight excluding hydrogens is 148 g/mol. The first-order valence-electron chi connectivity index (χ1n) is 4.64. The zero-order chi connectivity index (χ0) is 8.81. The number of rotatable bonds is 5. The van der Waals surface area contributed by atoms with E-state index in [0.29, 0.717) is 0 Å². The van der Waals surface area contributed by atoms with Crippen LogP contribution in [0.25, 0.3) is 0 Å². The molecule has 0 fully saturated rings. The molecular formula is C10H18N2. The van der Waals surface area contributed by atoms with Crippen molar-refractivity contribution in [1.29, 1.82) is 0 Å². The summed E-state index contributed by atoms with van der Waals surface area (Å²) in [7, 11) is 2.05. The molecule has 1 rings (SSSR count). The summed E-state index contributed by atoms with van der Waals surface area (Å²) >= 11 is 0. The summed E-state index contributed by atoms with van der Waals surface area (Å²) in [5.74, 6) is 0. The molecule has 1 N–H and O–H groups in total. The average Bonchev–Trinajstić information content (AvgIpc) is 2.45. The maximum absolute atomic E-state index is 3.40. The second kappa shape index (κ2) is 4.99. The Balaban J connectivity index is 2.15. The van der Waals surface area contributed by atoms with Crippen LogP contribution in [0.15, 0.2) is 18.5 Å². The fourth-order valence-electron chi connectivity index (χ4n) is 1.20. The zero-order valence-electron chi connectivity index (χ0n) is 8.01. The second-order valence-corrected chi connectivity index (χ2v) is 3.22. The molecule has 0 saturated carbocycles. The molecule has 2 nitrogen and oxygen atoms in total. The van der Waals surface area contributed by atoms with Crippen molar-refractivity contribution in [2.24, 2.45) is 7.05 Å². The first-order valence-corrected chi connectivity index (χ1v) is 4.64. The van der Waals surface area contributed by atoms with E-state index < -0.39 is 0 Å². The molecule has 0 atom stereocenters. The minimum Gasteiger partial charge on any atom is -0.357 e. The molecule has 0 aromatic carbocycles. The Morgan fingerprint density at radius 3 is 2.92 bits per heavy atom. The molecule has 0 bridgehead atoms. The number of nitrogens with one attached hydrogen (secondary N) is 1. The van der Waals surface area contributed by atoms with Gasteiger partial charge in [-0.3, -0.25) is 0 Å². The predicted octanol–water partition coefficient (Wildman–Crippen LogP) is 1.91. The number of hydrogen-bond acceptors (Lipinski definition) is 1. The summed E-state index contributed by atoms with van der Waals surface area (Å²) in [6.07, 6.45) is 6.77. The molecule has 0 spiro atoms. The Kier molecular flexibility index (Phi) is 3.88. The maximum atomic E-state index is 3.40. The van der Waals surface area contributed by atoms with Crippen LogP contribution in [0.5, 0.6) is 0 Å². The van der Waals surface area contributed by atoms with Gasteiger partial charge in [-0.05, 0) is 24.6 Å². The van der Waals surface area contributed by atoms with Gasteiger partial charge in [-0.1, -0.05) is 13.3 Å². The van der Waals surface area contributed by atoms with Gasteiger partial charge in [0.2, 0.25) is 0 Å². The molecule has 1 aromatic heterocycles. The Morgan fingerprint density at radius 2 is 2.33 bits per heavy atom. The lowest BCUT2D eigenvalue weighted by atomic mass is 10.3. The smallest absolute Gasteiger partial charge is 0.0220 e. The standard InChI is InChI=1S/C10H18N2/c1-3-4-6-11-8-10-5-7-12(2)9-10/h5,7,9,11H,3-4,6,8H2,1-2H3. The van der Waals surface area contributed by atoms with Gasteiger partial charge < -0.3 is 9.88 Å². The van der Waals surface area contributed by atoms with E-state index in [1.165, 1.54) is 18.4 Å². The largest absolute Gasteiger partial charge is 0.357 e. The van der Waals surface area contributed by atoms with Crippen LogP contribution in [-0.4, -0.2) is 11.1 Å². The fraction of sp³-hybridized carbons (Fsp3) is 0.600. The van der Waals surface area contributed by atoms with Crippen molar-refractivity contribution < 1.29 is 0 Å². The maximum Gasteiger partial charge on any atom is 0.0220 e. The van der Waals surface area contributed by atoms with E-state index >= 15 is 0 Å². The van der Waals surface area contributed by atoms with Gasteiger partial charge in [0.1, 0.15) is 0 Å². The van der Waals surface area contributed by atoms with Crippen LogP contribution in [0.2, 0.25) is 0 Å². The molecule has 0 aliphatic heterocycles. The lowest BCUT2D eigenvalue weighted by Gasteiger charge is -2.00. The lowest BCUT2D eigenvalue weighted by Crippen LogP contribution is -2.13. The summed E-state index contributed by atoms with van der Waals surface area (Å²) in [6.45, 7) is 4.34. The van der Waals surface area contributed by atoms with E-state index in [1.807, 2.05) is 0 Å². The second-order valence-electron chi connectivity index (χ2n) is 3.22. The third kappa shape index (κ3) is 3.09. The molecule has 1 heterocycles. The van der Waals surface area contributed by atoms with Crippen molar-refractivity contribution >= 4 is 0 Å². The molecule has 1 aromatic rings. The van der Waals surface area contributed by atoms with E-state index in [0.717, 1.165) is 13.1 Å². The highest BCUT2D eigenvalue weighted by molar-refractivity contribution is 5.09. The van der Waals surface area contributed by atoms with Gasteiger partial charge in [0.15, 0.2) is 0 Å². The molecule has 68 valence electrons. The summed E-state index contributed by atoms with van der Waals surface area (Å²) in [5, 5.41) is 3.40. The van der Waals surface area contributed by atoms with Gasteiger partial charge in [-0.25, -0.2) is 0 Å². The van der Waals surface area contributed by atoms with Crippen molar-refractivity contribution in [2.45, 2.75) is 26.3 Å². The Hall–Kier alpha value is -0.760. The van der Waals surface area contributed by atoms with E-state index in [9.17, 15) is 0 Å². The van der Waals surface area contributed by atoms with Crippen LogP contribution in [0, 0.1) is 0 Å². The van der Waals surface area contributed by atoms with Crippen molar-refractivity contribution in [2.75, 3.05) is 6.54 Å². The summed E-state index contributed by atoms with van der Waals surface area (Å²) in [5.41, 5.74) is 1.37. The highest BCUT2D eigenvalue weighted by atomic mass is 14.9. The molecule has 2 heteroatoms. The minimum absolute atomic E-state index is 1.00. The molecule has 0 amide bonds. The molecule has 12 heavy (non-hydrogen) atoms. The average molecular weight is 166 g/mol. The number of nitrogens with zero attached hydrogens (tertiary/aromatic N) is 1. The van der Waals surface area contributed by atoms with E-state index in [2.05, 4.69) is 42.3 Å². The van der Waals surface area contributed by atoms with E-state index in [-0.39, 0.29) is 0 Å². The summed E-state index contributed by atoms with van der Waals surface area (Å²) < 4.78 is 2.08. The van der Waals surface area contributed by atoms with Crippen molar-refractivity contribution in [3.63, 3.8) is 0 Å². The number of unbranched alkanes of at least 4 members (excludes halogenated alkanes) is 1. The number of aromatic nitrogens is 1.